The summed E-state index contributed by atoms with van der Waals surface area (Å²) in [5, 5.41) is 8.31. The summed E-state index contributed by atoms with van der Waals surface area (Å²) in [6, 6.07) is 11.8. The molecule has 0 fully saturated rings. The van der Waals surface area contributed by atoms with Crippen molar-refractivity contribution in [2.45, 2.75) is 38.0 Å². The molecule has 2 aromatic heterocycles. The molecule has 0 saturated carbocycles. The van der Waals surface area contributed by atoms with Crippen molar-refractivity contribution in [2.75, 3.05) is 5.75 Å². The summed E-state index contributed by atoms with van der Waals surface area (Å²) in [5.74, 6) is 0.106. The highest BCUT2D eigenvalue weighted by Crippen LogP contribution is 2.33. The molecule has 0 spiro atoms. The van der Waals surface area contributed by atoms with Gasteiger partial charge in [-0.25, -0.2) is 14.1 Å². The Kier molecular flexibility index (Phi) is 5.49. The van der Waals surface area contributed by atoms with E-state index in [1.165, 1.54) is 23.9 Å². The van der Waals surface area contributed by atoms with Crippen molar-refractivity contribution in [3.05, 3.63) is 81.5 Å². The molecule has 1 unspecified atom stereocenters. The van der Waals surface area contributed by atoms with Gasteiger partial charge in [-0.2, -0.15) is 5.10 Å². The molecule has 2 aromatic carbocycles. The summed E-state index contributed by atoms with van der Waals surface area (Å²) in [5.41, 5.74) is 4.22. The summed E-state index contributed by atoms with van der Waals surface area (Å²) in [6.45, 7) is 4.34. The molecule has 5 rings (SSSR count). The number of amides is 1. The number of hydrogen-bond acceptors (Lipinski definition) is 5. The Morgan fingerprint density at radius 1 is 1.21 bits per heavy atom. The van der Waals surface area contributed by atoms with E-state index in [9.17, 15) is 14.0 Å². The van der Waals surface area contributed by atoms with E-state index in [-0.39, 0.29) is 29.7 Å². The Labute approximate surface area is 193 Å². The largest absolute Gasteiger partial charge is 0.352 e. The molecule has 1 N–H and O–H groups in total. The lowest BCUT2D eigenvalue weighted by Gasteiger charge is -2.14. The van der Waals surface area contributed by atoms with Crippen LogP contribution in [0.3, 0.4) is 0 Å². The minimum absolute atomic E-state index is 0.166. The first kappa shape index (κ1) is 21.4. The van der Waals surface area contributed by atoms with E-state index < -0.39 is 0 Å². The fraction of sp³-hybridized carbons (Fsp3) is 0.250. The quantitative estimate of drug-likeness (QED) is 0.457. The number of nitrogens with zero attached hydrogens (tertiary/aromatic N) is 4. The topological polar surface area (TPSA) is 81.8 Å². The van der Waals surface area contributed by atoms with E-state index in [4.69, 9.17) is 4.98 Å². The van der Waals surface area contributed by atoms with Crippen molar-refractivity contribution in [3.8, 4) is 5.69 Å². The molecule has 0 bridgehead atoms. The first-order valence-electron chi connectivity index (χ1n) is 10.6. The van der Waals surface area contributed by atoms with E-state index >= 15 is 0 Å². The van der Waals surface area contributed by atoms with Gasteiger partial charge in [0.15, 0.2) is 10.8 Å². The van der Waals surface area contributed by atoms with Gasteiger partial charge in [-0.05, 0) is 43.2 Å². The number of carbonyl (C=O) groups is 1. The van der Waals surface area contributed by atoms with Gasteiger partial charge in [0.2, 0.25) is 5.91 Å². The third-order valence-electron chi connectivity index (χ3n) is 5.78. The van der Waals surface area contributed by atoms with E-state index in [1.54, 1.807) is 27.6 Å². The van der Waals surface area contributed by atoms with Crippen molar-refractivity contribution in [3.63, 3.8) is 0 Å². The van der Waals surface area contributed by atoms with Gasteiger partial charge >= 0.3 is 0 Å². The summed E-state index contributed by atoms with van der Waals surface area (Å²) < 4.78 is 16.4. The molecule has 4 aromatic rings. The SMILES string of the molecule is Cc1ccc(-n2ncc3c(=O)n4c(nc32)SCC4CC(=O)NCc2ccc(F)cc2)c(C)c1. The molecule has 1 amide bonds. The van der Waals surface area contributed by atoms with Crippen LogP contribution < -0.4 is 10.9 Å². The zero-order chi connectivity index (χ0) is 23.1. The third kappa shape index (κ3) is 4.04. The van der Waals surface area contributed by atoms with Gasteiger partial charge in [-0.3, -0.25) is 14.2 Å². The highest BCUT2D eigenvalue weighted by molar-refractivity contribution is 7.99. The molecule has 9 heteroatoms. The molecule has 1 atom stereocenters. The third-order valence-corrected chi connectivity index (χ3v) is 6.87. The molecule has 168 valence electrons. The fourth-order valence-electron chi connectivity index (χ4n) is 4.09. The Hall–Kier alpha value is -3.46. The molecule has 3 heterocycles. The molecule has 1 aliphatic rings. The lowest BCUT2D eigenvalue weighted by atomic mass is 10.1. The summed E-state index contributed by atoms with van der Waals surface area (Å²) >= 11 is 1.47. The number of rotatable bonds is 5. The first-order valence-corrected chi connectivity index (χ1v) is 11.6. The van der Waals surface area contributed by atoms with Crippen molar-refractivity contribution in [1.29, 1.82) is 0 Å². The number of nitrogens with one attached hydrogen (secondary N) is 1. The maximum Gasteiger partial charge on any atom is 0.265 e. The Morgan fingerprint density at radius 3 is 2.76 bits per heavy atom. The van der Waals surface area contributed by atoms with Gasteiger partial charge in [-0.1, -0.05) is 41.6 Å². The summed E-state index contributed by atoms with van der Waals surface area (Å²) in [7, 11) is 0. The van der Waals surface area contributed by atoms with Gasteiger partial charge in [0.1, 0.15) is 11.2 Å². The maximum atomic E-state index is 13.3. The Bertz CT molecular complexity index is 1430. The van der Waals surface area contributed by atoms with Crippen LogP contribution in [0.15, 0.2) is 58.6 Å². The highest BCUT2D eigenvalue weighted by atomic mass is 32.2. The van der Waals surface area contributed by atoms with Crippen LogP contribution in [-0.4, -0.2) is 31.0 Å². The van der Waals surface area contributed by atoms with Crippen LogP contribution >= 0.6 is 11.8 Å². The van der Waals surface area contributed by atoms with E-state index in [0.717, 1.165) is 22.4 Å². The highest BCUT2D eigenvalue weighted by Gasteiger charge is 2.29. The van der Waals surface area contributed by atoms with Gasteiger partial charge in [-0.15, -0.1) is 0 Å². The predicted octanol–water partition coefficient (Wildman–Crippen LogP) is 3.69. The minimum atomic E-state index is -0.316. The summed E-state index contributed by atoms with van der Waals surface area (Å²) in [4.78, 5) is 30.6. The second kappa shape index (κ2) is 8.47. The first-order chi connectivity index (χ1) is 15.9. The van der Waals surface area contributed by atoms with Crippen LogP contribution in [0.5, 0.6) is 0 Å². The second-order valence-corrected chi connectivity index (χ2v) is 9.21. The van der Waals surface area contributed by atoms with E-state index in [2.05, 4.69) is 16.5 Å². The summed E-state index contributed by atoms with van der Waals surface area (Å²) in [6.07, 6.45) is 1.71. The number of fused-ring (bicyclic) bond motifs is 2. The Balaban J connectivity index is 1.39. The van der Waals surface area contributed by atoms with Gasteiger partial charge in [0.25, 0.3) is 5.56 Å². The molecular weight excluding hydrogens is 441 g/mol. The van der Waals surface area contributed by atoms with Crippen molar-refractivity contribution < 1.29 is 9.18 Å². The monoisotopic (exact) mass is 463 g/mol. The number of carbonyl (C=O) groups excluding carboxylic acids is 1. The van der Waals surface area contributed by atoms with Crippen LogP contribution in [0.25, 0.3) is 16.7 Å². The number of aromatic nitrogens is 4. The van der Waals surface area contributed by atoms with Crippen LogP contribution in [-0.2, 0) is 11.3 Å². The molecule has 0 saturated heterocycles. The number of aryl methyl sites for hydroxylation is 2. The molecule has 33 heavy (non-hydrogen) atoms. The lowest BCUT2D eigenvalue weighted by molar-refractivity contribution is -0.121. The van der Waals surface area contributed by atoms with Crippen LogP contribution in [0.2, 0.25) is 0 Å². The fourth-order valence-corrected chi connectivity index (χ4v) is 5.22. The van der Waals surface area contributed by atoms with Crippen LogP contribution in [0.1, 0.15) is 29.2 Å². The molecule has 7 nitrogen and oxygen atoms in total. The maximum absolute atomic E-state index is 13.3. The number of benzene rings is 2. The molecule has 0 aliphatic carbocycles. The van der Waals surface area contributed by atoms with Gasteiger partial charge in [0, 0.05) is 18.7 Å². The van der Waals surface area contributed by atoms with E-state index in [1.807, 2.05) is 26.0 Å². The van der Waals surface area contributed by atoms with Crippen molar-refractivity contribution >= 4 is 28.7 Å². The van der Waals surface area contributed by atoms with Crippen LogP contribution in [0, 0.1) is 19.7 Å². The predicted molar refractivity (Wildman–Crippen MR) is 125 cm³/mol. The normalized spacial score (nSPS) is 15.1. The number of halogens is 1. The lowest BCUT2D eigenvalue weighted by Crippen LogP contribution is -2.30. The van der Waals surface area contributed by atoms with E-state index in [0.29, 0.717) is 28.5 Å². The van der Waals surface area contributed by atoms with Crippen molar-refractivity contribution in [2.24, 2.45) is 0 Å². The number of thioether (sulfide) groups is 1. The van der Waals surface area contributed by atoms with Gasteiger partial charge < -0.3 is 5.32 Å². The number of hydrogen-bond donors (Lipinski definition) is 1. The zero-order valence-corrected chi connectivity index (χ0v) is 19.0. The zero-order valence-electron chi connectivity index (χ0n) is 18.2. The van der Waals surface area contributed by atoms with Crippen LogP contribution in [0.4, 0.5) is 4.39 Å². The van der Waals surface area contributed by atoms with Gasteiger partial charge in [0.05, 0.1) is 17.9 Å². The minimum Gasteiger partial charge on any atom is -0.352 e. The Morgan fingerprint density at radius 2 is 2.00 bits per heavy atom. The average Bonchev–Trinajstić information content (AvgIpc) is 3.38. The standard InChI is InChI=1S/C24H22FN5O2S/c1-14-3-8-20(15(2)9-14)30-22-19(12-27-30)23(32)29-18(13-33-24(29)28-22)10-21(31)26-11-16-4-6-17(25)7-5-16/h3-9,12,18H,10-11,13H2,1-2H3,(H,26,31). The second-order valence-electron chi connectivity index (χ2n) is 8.23. The molecule has 1 aliphatic heterocycles. The molecular formula is C24H22FN5O2S. The van der Waals surface area contributed by atoms with Crippen molar-refractivity contribution in [1.82, 2.24) is 24.6 Å². The average molecular weight is 464 g/mol. The smallest absolute Gasteiger partial charge is 0.265 e. The molecule has 0 radical (unpaired) electrons.